The summed E-state index contributed by atoms with van der Waals surface area (Å²) in [5, 5.41) is 2.83. The van der Waals surface area contributed by atoms with Crippen LogP contribution >= 0.6 is 11.8 Å². The smallest absolute Gasteiger partial charge is 0.238 e. The monoisotopic (exact) mass is 447 g/mol. The molecule has 5 heteroatoms. The lowest BCUT2D eigenvalue weighted by molar-refractivity contribution is -0.120. The average molecular weight is 448 g/mol. The Labute approximate surface area is 194 Å². The number of hydrogen-bond donors (Lipinski definition) is 1. The van der Waals surface area contributed by atoms with Crippen LogP contribution < -0.4 is 5.32 Å². The summed E-state index contributed by atoms with van der Waals surface area (Å²) < 4.78 is 11.4. The fourth-order valence-electron chi connectivity index (χ4n) is 3.70. The second-order valence-corrected chi connectivity index (χ2v) is 9.06. The third-order valence-corrected chi connectivity index (χ3v) is 6.72. The van der Waals surface area contributed by atoms with Gasteiger partial charge in [-0.3, -0.25) is 4.79 Å². The molecule has 1 fully saturated rings. The number of hydrogen-bond acceptors (Lipinski definition) is 4. The largest absolute Gasteiger partial charge is 0.381 e. The minimum Gasteiger partial charge on any atom is -0.381 e. The van der Waals surface area contributed by atoms with Gasteiger partial charge in [-0.15, -0.1) is 11.8 Å². The molecule has 4 rings (SSSR count). The molecule has 0 bridgehead atoms. The third kappa shape index (κ3) is 6.70. The molecule has 3 aromatic carbocycles. The topological polar surface area (TPSA) is 47.6 Å². The van der Waals surface area contributed by atoms with E-state index in [0.717, 1.165) is 47.6 Å². The van der Waals surface area contributed by atoms with Gasteiger partial charge in [0.15, 0.2) is 0 Å². The van der Waals surface area contributed by atoms with Crippen LogP contribution in [0.4, 0.5) is 0 Å². The van der Waals surface area contributed by atoms with E-state index >= 15 is 0 Å². The molecule has 4 nitrogen and oxygen atoms in total. The summed E-state index contributed by atoms with van der Waals surface area (Å²) >= 11 is 1.57. The van der Waals surface area contributed by atoms with Gasteiger partial charge in [-0.1, -0.05) is 72.8 Å². The molecule has 0 aliphatic carbocycles. The van der Waals surface area contributed by atoms with Gasteiger partial charge in [0, 0.05) is 24.7 Å². The van der Waals surface area contributed by atoms with Crippen molar-refractivity contribution in [1.29, 1.82) is 0 Å². The zero-order valence-electron chi connectivity index (χ0n) is 18.1. The number of benzene rings is 3. The minimum atomic E-state index is -0.307. The van der Waals surface area contributed by atoms with Gasteiger partial charge < -0.3 is 14.8 Å². The molecular formula is C27H29NO3S. The molecule has 3 aromatic rings. The molecule has 1 saturated heterocycles. The SMILES string of the molecule is O=C(NCc1cccc(COC2CCOCC2)c1)C(Sc1ccccc1)c1ccccc1. The second kappa shape index (κ2) is 11.9. The molecular weight excluding hydrogens is 418 g/mol. The fraction of sp³-hybridized carbons (Fsp3) is 0.296. The van der Waals surface area contributed by atoms with Crippen LogP contribution in [0.1, 0.15) is 34.8 Å². The number of ether oxygens (including phenoxy) is 2. The average Bonchev–Trinajstić information content (AvgIpc) is 2.87. The van der Waals surface area contributed by atoms with E-state index in [2.05, 4.69) is 17.4 Å². The van der Waals surface area contributed by atoms with Crippen molar-refractivity contribution in [2.24, 2.45) is 0 Å². The number of amides is 1. The molecule has 1 aliphatic rings. The Morgan fingerprint density at radius 2 is 1.62 bits per heavy atom. The highest BCUT2D eigenvalue weighted by molar-refractivity contribution is 8.00. The van der Waals surface area contributed by atoms with E-state index in [-0.39, 0.29) is 17.3 Å². The van der Waals surface area contributed by atoms with Crippen LogP contribution in [0, 0.1) is 0 Å². The molecule has 1 N–H and O–H groups in total. The van der Waals surface area contributed by atoms with E-state index in [0.29, 0.717) is 13.2 Å². The standard InChI is InChI=1S/C27H29NO3S/c29-27(26(23-10-3-1-4-11-23)32-25-12-5-2-6-13-25)28-19-21-8-7-9-22(18-21)20-31-24-14-16-30-17-15-24/h1-13,18,24,26H,14-17,19-20H2,(H,28,29). The van der Waals surface area contributed by atoms with Crippen molar-refractivity contribution in [2.45, 2.75) is 42.2 Å². The van der Waals surface area contributed by atoms with Crippen molar-refractivity contribution >= 4 is 17.7 Å². The van der Waals surface area contributed by atoms with Crippen molar-refractivity contribution in [2.75, 3.05) is 13.2 Å². The van der Waals surface area contributed by atoms with Gasteiger partial charge in [0.05, 0.1) is 12.7 Å². The summed E-state index contributed by atoms with van der Waals surface area (Å²) in [4.78, 5) is 14.2. The molecule has 0 radical (unpaired) electrons. The van der Waals surface area contributed by atoms with Gasteiger partial charge in [-0.05, 0) is 41.7 Å². The Morgan fingerprint density at radius 1 is 0.938 bits per heavy atom. The Balaban J connectivity index is 1.37. The fourth-order valence-corrected chi connectivity index (χ4v) is 4.77. The molecule has 1 amide bonds. The molecule has 1 aliphatic heterocycles. The molecule has 32 heavy (non-hydrogen) atoms. The first-order valence-electron chi connectivity index (χ1n) is 11.1. The number of thioether (sulfide) groups is 1. The maximum Gasteiger partial charge on any atom is 0.238 e. The van der Waals surface area contributed by atoms with E-state index < -0.39 is 0 Å². The lowest BCUT2D eigenvalue weighted by Crippen LogP contribution is -2.27. The lowest BCUT2D eigenvalue weighted by Gasteiger charge is -2.22. The van der Waals surface area contributed by atoms with Crippen LogP contribution in [0.15, 0.2) is 89.8 Å². The first-order chi connectivity index (χ1) is 15.8. The van der Waals surface area contributed by atoms with Crippen molar-refractivity contribution < 1.29 is 14.3 Å². The van der Waals surface area contributed by atoms with Gasteiger partial charge in [0.2, 0.25) is 5.91 Å². The highest BCUT2D eigenvalue weighted by Gasteiger charge is 2.21. The summed E-state index contributed by atoms with van der Waals surface area (Å²) in [5.41, 5.74) is 3.20. The van der Waals surface area contributed by atoms with E-state index in [1.807, 2.05) is 72.8 Å². The Hall–Kier alpha value is -2.60. The molecule has 166 valence electrons. The van der Waals surface area contributed by atoms with Crippen LogP contribution in [0.5, 0.6) is 0 Å². The second-order valence-electron chi connectivity index (χ2n) is 7.88. The third-order valence-electron chi connectivity index (χ3n) is 5.45. The van der Waals surface area contributed by atoms with Gasteiger partial charge in [0.1, 0.15) is 5.25 Å². The Bertz CT molecular complexity index is 974. The number of nitrogens with one attached hydrogen (secondary N) is 1. The maximum atomic E-state index is 13.2. The summed E-state index contributed by atoms with van der Waals surface area (Å²) in [6, 6.07) is 28.2. The van der Waals surface area contributed by atoms with Crippen molar-refractivity contribution in [3.63, 3.8) is 0 Å². The quantitative estimate of drug-likeness (QED) is 0.438. The Kier molecular flexibility index (Phi) is 8.37. The van der Waals surface area contributed by atoms with E-state index in [4.69, 9.17) is 9.47 Å². The van der Waals surface area contributed by atoms with Gasteiger partial charge in [-0.25, -0.2) is 0 Å². The van der Waals surface area contributed by atoms with Crippen molar-refractivity contribution in [3.8, 4) is 0 Å². The first-order valence-corrected chi connectivity index (χ1v) is 12.0. The van der Waals surface area contributed by atoms with Crippen LogP contribution in [0.3, 0.4) is 0 Å². The lowest BCUT2D eigenvalue weighted by atomic mass is 10.1. The molecule has 0 spiro atoms. The number of carbonyl (C=O) groups excluding carboxylic acids is 1. The van der Waals surface area contributed by atoms with Crippen molar-refractivity contribution in [1.82, 2.24) is 5.32 Å². The summed E-state index contributed by atoms with van der Waals surface area (Å²) in [7, 11) is 0. The first kappa shape index (κ1) is 22.6. The molecule has 1 unspecified atom stereocenters. The van der Waals surface area contributed by atoms with E-state index in [1.165, 1.54) is 0 Å². The van der Waals surface area contributed by atoms with E-state index in [1.54, 1.807) is 11.8 Å². The maximum absolute atomic E-state index is 13.2. The summed E-state index contributed by atoms with van der Waals surface area (Å²) in [5.74, 6) is 0.00825. The highest BCUT2D eigenvalue weighted by atomic mass is 32.2. The van der Waals surface area contributed by atoms with Crippen LogP contribution in [0.2, 0.25) is 0 Å². The van der Waals surface area contributed by atoms with Crippen LogP contribution in [-0.2, 0) is 27.4 Å². The van der Waals surface area contributed by atoms with E-state index in [9.17, 15) is 4.79 Å². The number of rotatable bonds is 9. The Morgan fingerprint density at radius 3 is 2.38 bits per heavy atom. The van der Waals surface area contributed by atoms with Crippen LogP contribution in [0.25, 0.3) is 0 Å². The molecule has 0 aromatic heterocycles. The zero-order chi connectivity index (χ0) is 22.0. The molecule has 1 atom stereocenters. The predicted molar refractivity (Wildman–Crippen MR) is 128 cm³/mol. The van der Waals surface area contributed by atoms with Gasteiger partial charge >= 0.3 is 0 Å². The summed E-state index contributed by atoms with van der Waals surface area (Å²) in [6.07, 6.45) is 2.18. The van der Waals surface area contributed by atoms with Crippen molar-refractivity contribution in [3.05, 3.63) is 102 Å². The molecule has 1 heterocycles. The van der Waals surface area contributed by atoms with Crippen LogP contribution in [-0.4, -0.2) is 25.2 Å². The number of carbonyl (C=O) groups is 1. The molecule has 0 saturated carbocycles. The normalized spacial score (nSPS) is 15.2. The highest BCUT2D eigenvalue weighted by Crippen LogP contribution is 2.35. The van der Waals surface area contributed by atoms with Gasteiger partial charge in [0.25, 0.3) is 0 Å². The summed E-state index contributed by atoms with van der Waals surface area (Å²) in [6.45, 7) is 2.63. The zero-order valence-corrected chi connectivity index (χ0v) is 18.9. The minimum absolute atomic E-state index is 0.00825. The predicted octanol–water partition coefficient (Wildman–Crippen LogP) is 5.53. The van der Waals surface area contributed by atoms with Gasteiger partial charge in [-0.2, -0.15) is 0 Å².